The van der Waals surface area contributed by atoms with Crippen LogP contribution in [0.15, 0.2) is 36.4 Å². The van der Waals surface area contributed by atoms with Gasteiger partial charge in [0.15, 0.2) is 0 Å². The summed E-state index contributed by atoms with van der Waals surface area (Å²) in [5, 5.41) is 20.7. The quantitative estimate of drug-likeness (QED) is 0.606. The molecule has 116 valence electrons. The molecule has 0 spiro atoms. The van der Waals surface area contributed by atoms with Crippen LogP contribution in [0.25, 0.3) is 0 Å². The molecule has 0 radical (unpaired) electrons. The second-order valence-electron chi connectivity index (χ2n) is 5.02. The van der Waals surface area contributed by atoms with Crippen molar-refractivity contribution in [2.75, 3.05) is 0 Å². The fraction of sp³-hybridized carbons (Fsp3) is 0.250. The molecule has 22 heavy (non-hydrogen) atoms. The molecule has 0 heterocycles. The summed E-state index contributed by atoms with van der Waals surface area (Å²) in [5.74, 6) is 0. The zero-order valence-corrected chi connectivity index (χ0v) is 13.0. The number of rotatable bonds is 2. The van der Waals surface area contributed by atoms with Crippen LogP contribution in [0.3, 0.4) is 0 Å². The Morgan fingerprint density at radius 3 is 1.82 bits per heavy atom. The number of nitrogens with zero attached hydrogens (tertiary/aromatic N) is 2. The van der Waals surface area contributed by atoms with Gasteiger partial charge in [0, 0.05) is 23.3 Å². The van der Waals surface area contributed by atoms with E-state index in [0.717, 1.165) is 22.3 Å². The summed E-state index contributed by atoms with van der Waals surface area (Å²) in [5.41, 5.74) is 3.86. The summed E-state index contributed by atoms with van der Waals surface area (Å²) in [4.78, 5) is 20.0. The first-order valence-electron chi connectivity index (χ1n) is 6.66. The highest BCUT2D eigenvalue weighted by molar-refractivity contribution is 5.43. The minimum absolute atomic E-state index is 0.190. The van der Waals surface area contributed by atoms with Gasteiger partial charge in [-0.05, 0) is 39.3 Å². The van der Waals surface area contributed by atoms with Gasteiger partial charge in [-0.15, -0.1) is 0 Å². The number of nitro groups is 2. The fourth-order valence-corrected chi connectivity index (χ4v) is 1.94. The Morgan fingerprint density at radius 2 is 1.36 bits per heavy atom. The van der Waals surface area contributed by atoms with Crippen LogP contribution in [0.2, 0.25) is 0 Å². The minimum Gasteiger partial charge on any atom is -0.258 e. The average molecular weight is 302 g/mol. The Kier molecular flexibility index (Phi) is 5.74. The van der Waals surface area contributed by atoms with Crippen LogP contribution in [-0.4, -0.2) is 9.85 Å². The Morgan fingerprint density at radius 1 is 0.773 bits per heavy atom. The van der Waals surface area contributed by atoms with E-state index in [1.54, 1.807) is 32.0 Å². The van der Waals surface area contributed by atoms with Gasteiger partial charge in [-0.25, -0.2) is 0 Å². The Labute approximate surface area is 128 Å². The SMILES string of the molecule is Cc1ccc([N+](=O)[O-])c(C)c1.Cc1cccc([N+](=O)[O-])c1C. The van der Waals surface area contributed by atoms with Crippen molar-refractivity contribution in [3.8, 4) is 0 Å². The van der Waals surface area contributed by atoms with E-state index >= 15 is 0 Å². The standard InChI is InChI=1S/2C8H9NO2/c1-6-3-4-8(9(10)11)7(2)5-6;1-6-4-3-5-8(7(6)2)9(10)11/h2*3-5H,1-2H3. The normalized spacial score (nSPS) is 9.64. The Balaban J connectivity index is 0.000000220. The van der Waals surface area contributed by atoms with Crippen LogP contribution in [0.5, 0.6) is 0 Å². The number of aryl methyl sites for hydroxylation is 3. The fourth-order valence-electron chi connectivity index (χ4n) is 1.94. The molecule has 0 saturated carbocycles. The van der Waals surface area contributed by atoms with Crippen LogP contribution in [-0.2, 0) is 0 Å². The molecule has 0 bridgehead atoms. The number of hydrogen-bond donors (Lipinski definition) is 0. The highest BCUT2D eigenvalue weighted by atomic mass is 16.6. The maximum Gasteiger partial charge on any atom is 0.272 e. The van der Waals surface area contributed by atoms with E-state index in [4.69, 9.17) is 0 Å². The number of benzene rings is 2. The lowest BCUT2D eigenvalue weighted by molar-refractivity contribution is -0.385. The number of nitro benzene ring substituents is 2. The average Bonchev–Trinajstić information content (AvgIpc) is 2.41. The van der Waals surface area contributed by atoms with Gasteiger partial charge in [0.25, 0.3) is 11.4 Å². The predicted octanol–water partition coefficient (Wildman–Crippen LogP) is 4.42. The molecule has 2 aromatic carbocycles. The molecule has 6 heteroatoms. The lowest BCUT2D eigenvalue weighted by atomic mass is 10.1. The van der Waals surface area contributed by atoms with Gasteiger partial charge in [-0.3, -0.25) is 20.2 Å². The molecule has 0 amide bonds. The van der Waals surface area contributed by atoms with Gasteiger partial charge in [0.05, 0.1) is 9.85 Å². The minimum atomic E-state index is -0.366. The molecular weight excluding hydrogens is 284 g/mol. The highest BCUT2D eigenvalue weighted by Crippen LogP contribution is 2.19. The zero-order chi connectivity index (χ0) is 16.9. The lowest BCUT2D eigenvalue weighted by Crippen LogP contribution is -1.92. The van der Waals surface area contributed by atoms with E-state index in [-0.39, 0.29) is 21.2 Å². The van der Waals surface area contributed by atoms with Crippen LogP contribution in [0.1, 0.15) is 22.3 Å². The summed E-state index contributed by atoms with van der Waals surface area (Å²) < 4.78 is 0. The van der Waals surface area contributed by atoms with Crippen molar-refractivity contribution >= 4 is 11.4 Å². The summed E-state index contributed by atoms with van der Waals surface area (Å²) in [6.45, 7) is 7.28. The van der Waals surface area contributed by atoms with Gasteiger partial charge >= 0.3 is 0 Å². The van der Waals surface area contributed by atoms with E-state index in [0.29, 0.717) is 0 Å². The van der Waals surface area contributed by atoms with E-state index in [1.807, 2.05) is 19.9 Å². The molecule has 0 aliphatic rings. The van der Waals surface area contributed by atoms with Crippen LogP contribution in [0, 0.1) is 47.9 Å². The van der Waals surface area contributed by atoms with Crippen molar-refractivity contribution in [1.29, 1.82) is 0 Å². The van der Waals surface area contributed by atoms with Crippen molar-refractivity contribution in [2.24, 2.45) is 0 Å². The van der Waals surface area contributed by atoms with Crippen molar-refractivity contribution in [3.05, 3.63) is 78.9 Å². The molecule has 6 nitrogen and oxygen atoms in total. The maximum absolute atomic E-state index is 10.4. The van der Waals surface area contributed by atoms with E-state index < -0.39 is 0 Å². The van der Waals surface area contributed by atoms with E-state index in [9.17, 15) is 20.2 Å². The second-order valence-corrected chi connectivity index (χ2v) is 5.02. The van der Waals surface area contributed by atoms with Gasteiger partial charge in [0.1, 0.15) is 0 Å². The van der Waals surface area contributed by atoms with Gasteiger partial charge in [0.2, 0.25) is 0 Å². The first-order chi connectivity index (χ1) is 10.2. The zero-order valence-electron chi connectivity index (χ0n) is 13.0. The summed E-state index contributed by atoms with van der Waals surface area (Å²) in [6.07, 6.45) is 0. The molecule has 2 rings (SSSR count). The van der Waals surface area contributed by atoms with Gasteiger partial charge in [-0.1, -0.05) is 23.8 Å². The topological polar surface area (TPSA) is 86.3 Å². The molecule has 0 unspecified atom stereocenters. The van der Waals surface area contributed by atoms with Crippen molar-refractivity contribution < 1.29 is 9.85 Å². The molecule has 0 aliphatic carbocycles. The molecule has 0 aliphatic heterocycles. The third-order valence-corrected chi connectivity index (χ3v) is 3.32. The van der Waals surface area contributed by atoms with E-state index in [1.165, 1.54) is 12.1 Å². The largest absolute Gasteiger partial charge is 0.272 e. The van der Waals surface area contributed by atoms with Crippen LogP contribution < -0.4 is 0 Å². The van der Waals surface area contributed by atoms with Gasteiger partial charge < -0.3 is 0 Å². The summed E-state index contributed by atoms with van der Waals surface area (Å²) in [6, 6.07) is 10.2. The van der Waals surface area contributed by atoms with E-state index in [2.05, 4.69) is 0 Å². The van der Waals surface area contributed by atoms with Crippen molar-refractivity contribution in [2.45, 2.75) is 27.7 Å². The molecule has 0 N–H and O–H groups in total. The predicted molar refractivity (Wildman–Crippen MR) is 85.1 cm³/mol. The molecule has 0 atom stereocenters. The molecule has 0 saturated heterocycles. The highest BCUT2D eigenvalue weighted by Gasteiger charge is 2.09. The lowest BCUT2D eigenvalue weighted by Gasteiger charge is -1.98. The van der Waals surface area contributed by atoms with Crippen LogP contribution in [0.4, 0.5) is 11.4 Å². The van der Waals surface area contributed by atoms with Crippen molar-refractivity contribution in [1.82, 2.24) is 0 Å². The first-order valence-corrected chi connectivity index (χ1v) is 6.66. The molecule has 0 fully saturated rings. The smallest absolute Gasteiger partial charge is 0.258 e. The second kappa shape index (κ2) is 7.31. The van der Waals surface area contributed by atoms with Crippen molar-refractivity contribution in [3.63, 3.8) is 0 Å². The third-order valence-electron chi connectivity index (χ3n) is 3.32. The van der Waals surface area contributed by atoms with Gasteiger partial charge in [-0.2, -0.15) is 0 Å². The molecule has 0 aromatic heterocycles. The summed E-state index contributed by atoms with van der Waals surface area (Å²) >= 11 is 0. The number of hydrogen-bond acceptors (Lipinski definition) is 4. The molecule has 2 aromatic rings. The summed E-state index contributed by atoms with van der Waals surface area (Å²) in [7, 11) is 0. The third kappa shape index (κ3) is 4.37. The first kappa shape index (κ1) is 17.3. The maximum atomic E-state index is 10.4. The molecular formula is C16H18N2O4. The Hall–Kier alpha value is -2.76. The van der Waals surface area contributed by atoms with Crippen LogP contribution >= 0.6 is 0 Å². The monoisotopic (exact) mass is 302 g/mol. The Bertz CT molecular complexity index is 711.